The molecule has 0 radical (unpaired) electrons. The predicted molar refractivity (Wildman–Crippen MR) is 81.3 cm³/mol. The largest absolute Gasteiger partial charge is 0.298 e. The Hall–Kier alpha value is -2.27. The van der Waals surface area contributed by atoms with Crippen molar-refractivity contribution in [2.45, 2.75) is 13.8 Å². The van der Waals surface area contributed by atoms with E-state index < -0.39 is 0 Å². The summed E-state index contributed by atoms with van der Waals surface area (Å²) in [5.41, 5.74) is 3.77. The van der Waals surface area contributed by atoms with Crippen molar-refractivity contribution in [2.75, 3.05) is 5.32 Å². The second-order valence-electron chi connectivity index (χ2n) is 4.59. The lowest BCUT2D eigenvalue weighted by molar-refractivity contribution is 0.102. The van der Waals surface area contributed by atoms with E-state index in [1.54, 1.807) is 24.5 Å². The zero-order chi connectivity index (χ0) is 14.1. The summed E-state index contributed by atoms with van der Waals surface area (Å²) < 4.78 is 1.12. The lowest BCUT2D eigenvalue weighted by Crippen LogP contribution is -2.11. The van der Waals surface area contributed by atoms with Gasteiger partial charge in [-0.1, -0.05) is 23.5 Å². The zero-order valence-corrected chi connectivity index (χ0v) is 12.0. The summed E-state index contributed by atoms with van der Waals surface area (Å²) in [7, 11) is 0. The smallest absolute Gasteiger partial charge is 0.259 e. The Morgan fingerprint density at radius 1 is 1.20 bits per heavy atom. The molecule has 0 saturated carbocycles. The third-order valence-electron chi connectivity index (χ3n) is 3.09. The molecule has 0 bridgehead atoms. The number of anilines is 1. The number of rotatable bonds is 2. The molecule has 1 N–H and O–H groups in total. The Kier molecular flexibility index (Phi) is 3.20. The fourth-order valence-electron chi connectivity index (χ4n) is 1.98. The van der Waals surface area contributed by atoms with Crippen molar-refractivity contribution in [3.05, 3.63) is 53.3 Å². The molecule has 0 spiro atoms. The molecule has 0 saturated heterocycles. The van der Waals surface area contributed by atoms with Crippen molar-refractivity contribution < 1.29 is 4.79 Å². The number of thiazole rings is 1. The van der Waals surface area contributed by atoms with Crippen LogP contribution in [0.1, 0.15) is 21.5 Å². The maximum absolute atomic E-state index is 12.1. The van der Waals surface area contributed by atoms with E-state index in [-0.39, 0.29) is 5.91 Å². The third-order valence-corrected chi connectivity index (χ3v) is 4.19. The van der Waals surface area contributed by atoms with Crippen LogP contribution >= 0.6 is 11.3 Å². The van der Waals surface area contributed by atoms with Gasteiger partial charge in [0.15, 0.2) is 5.13 Å². The Labute approximate surface area is 120 Å². The zero-order valence-electron chi connectivity index (χ0n) is 11.2. The average molecular weight is 283 g/mol. The number of benzene rings is 1. The number of amides is 1. The molecule has 1 aromatic carbocycles. The second kappa shape index (κ2) is 5.02. The molecule has 5 heteroatoms. The third kappa shape index (κ3) is 2.28. The van der Waals surface area contributed by atoms with Gasteiger partial charge in [0.05, 0.1) is 15.8 Å². The molecule has 0 unspecified atom stereocenters. The quantitative estimate of drug-likeness (QED) is 0.782. The standard InChI is InChI=1S/C15H13N3OS/c1-9-5-6-10(2)13-12(9)17-15(20-13)18-14(19)11-4-3-7-16-8-11/h3-8H,1-2H3,(H,17,18,19). The van der Waals surface area contributed by atoms with Crippen molar-refractivity contribution in [3.63, 3.8) is 0 Å². The fraction of sp³-hybridized carbons (Fsp3) is 0.133. The minimum atomic E-state index is -0.188. The van der Waals surface area contributed by atoms with Gasteiger partial charge in [0, 0.05) is 12.4 Å². The van der Waals surface area contributed by atoms with Gasteiger partial charge in [-0.25, -0.2) is 4.98 Å². The summed E-state index contributed by atoms with van der Waals surface area (Å²) in [5, 5.41) is 3.45. The molecule has 3 rings (SSSR count). The maximum atomic E-state index is 12.1. The molecule has 0 atom stereocenters. The first-order valence-electron chi connectivity index (χ1n) is 6.23. The highest BCUT2D eigenvalue weighted by Crippen LogP contribution is 2.30. The Bertz CT molecular complexity index is 741. The van der Waals surface area contributed by atoms with Crippen LogP contribution in [0.2, 0.25) is 0 Å². The number of aryl methyl sites for hydroxylation is 2. The van der Waals surface area contributed by atoms with E-state index in [0.717, 1.165) is 15.8 Å². The van der Waals surface area contributed by atoms with Crippen LogP contribution < -0.4 is 5.32 Å². The summed E-state index contributed by atoms with van der Waals surface area (Å²) in [4.78, 5) is 20.5. The topological polar surface area (TPSA) is 54.9 Å². The highest BCUT2D eigenvalue weighted by molar-refractivity contribution is 7.22. The molecular weight excluding hydrogens is 270 g/mol. The SMILES string of the molecule is Cc1ccc(C)c2sc(NC(=O)c3cccnc3)nc12. The molecule has 100 valence electrons. The van der Waals surface area contributed by atoms with E-state index in [9.17, 15) is 4.79 Å². The molecule has 0 fully saturated rings. The molecular formula is C15H13N3OS. The number of hydrogen-bond donors (Lipinski definition) is 1. The number of nitrogens with one attached hydrogen (secondary N) is 1. The molecule has 2 aromatic heterocycles. The van der Waals surface area contributed by atoms with Crippen molar-refractivity contribution in [1.82, 2.24) is 9.97 Å². The first-order valence-corrected chi connectivity index (χ1v) is 7.05. The monoisotopic (exact) mass is 283 g/mol. The summed E-state index contributed by atoms with van der Waals surface area (Å²) in [5.74, 6) is -0.188. The van der Waals surface area contributed by atoms with Gasteiger partial charge in [-0.15, -0.1) is 0 Å². The molecule has 4 nitrogen and oxygen atoms in total. The first-order chi connectivity index (χ1) is 9.65. The van der Waals surface area contributed by atoms with Crippen LogP contribution in [0.25, 0.3) is 10.2 Å². The van der Waals surface area contributed by atoms with Crippen LogP contribution in [0.5, 0.6) is 0 Å². The van der Waals surface area contributed by atoms with Crippen LogP contribution in [0.15, 0.2) is 36.7 Å². The van der Waals surface area contributed by atoms with Crippen LogP contribution in [0, 0.1) is 13.8 Å². The van der Waals surface area contributed by atoms with E-state index in [0.29, 0.717) is 10.7 Å². The second-order valence-corrected chi connectivity index (χ2v) is 5.59. The number of carbonyl (C=O) groups is 1. The number of pyridine rings is 1. The van der Waals surface area contributed by atoms with Gasteiger partial charge in [-0.05, 0) is 37.1 Å². The summed E-state index contributed by atoms with van der Waals surface area (Å²) in [6.45, 7) is 4.07. The van der Waals surface area contributed by atoms with E-state index >= 15 is 0 Å². The van der Waals surface area contributed by atoms with E-state index in [1.807, 2.05) is 19.9 Å². The summed E-state index contributed by atoms with van der Waals surface area (Å²) >= 11 is 1.50. The van der Waals surface area contributed by atoms with Crippen molar-refractivity contribution >= 4 is 32.6 Å². The Balaban J connectivity index is 1.94. The van der Waals surface area contributed by atoms with Gasteiger partial charge in [0.2, 0.25) is 0 Å². The fourth-order valence-corrected chi connectivity index (χ4v) is 2.99. The number of hydrogen-bond acceptors (Lipinski definition) is 4. The van der Waals surface area contributed by atoms with E-state index in [2.05, 4.69) is 21.4 Å². The molecule has 20 heavy (non-hydrogen) atoms. The van der Waals surface area contributed by atoms with Crippen molar-refractivity contribution in [1.29, 1.82) is 0 Å². The highest BCUT2D eigenvalue weighted by Gasteiger charge is 2.12. The number of aromatic nitrogens is 2. The van der Waals surface area contributed by atoms with E-state index in [1.165, 1.54) is 16.9 Å². The van der Waals surface area contributed by atoms with Crippen molar-refractivity contribution in [3.8, 4) is 0 Å². The lowest BCUT2D eigenvalue weighted by Gasteiger charge is -1.99. The minimum absolute atomic E-state index is 0.188. The van der Waals surface area contributed by atoms with Gasteiger partial charge in [-0.2, -0.15) is 0 Å². The number of carbonyl (C=O) groups excluding carboxylic acids is 1. The maximum Gasteiger partial charge on any atom is 0.259 e. The van der Waals surface area contributed by atoms with Crippen LogP contribution in [0.4, 0.5) is 5.13 Å². The minimum Gasteiger partial charge on any atom is -0.298 e. The van der Waals surface area contributed by atoms with Gasteiger partial charge < -0.3 is 0 Å². The van der Waals surface area contributed by atoms with Gasteiger partial charge in [0.1, 0.15) is 0 Å². The molecule has 2 heterocycles. The molecule has 0 aliphatic heterocycles. The molecule has 0 aliphatic rings. The normalized spacial score (nSPS) is 10.7. The average Bonchev–Trinajstić information content (AvgIpc) is 2.89. The van der Waals surface area contributed by atoms with Crippen molar-refractivity contribution in [2.24, 2.45) is 0 Å². The van der Waals surface area contributed by atoms with Gasteiger partial charge in [0.25, 0.3) is 5.91 Å². The summed E-state index contributed by atoms with van der Waals surface area (Å²) in [6, 6.07) is 7.58. The Morgan fingerprint density at radius 3 is 2.70 bits per heavy atom. The molecule has 0 aliphatic carbocycles. The Morgan fingerprint density at radius 2 is 2.00 bits per heavy atom. The lowest BCUT2D eigenvalue weighted by atomic mass is 10.1. The number of fused-ring (bicyclic) bond motifs is 1. The van der Waals surface area contributed by atoms with Crippen LogP contribution in [-0.4, -0.2) is 15.9 Å². The van der Waals surface area contributed by atoms with Crippen LogP contribution in [-0.2, 0) is 0 Å². The van der Waals surface area contributed by atoms with Gasteiger partial charge >= 0.3 is 0 Å². The molecule has 3 aromatic rings. The van der Waals surface area contributed by atoms with Crippen LogP contribution in [0.3, 0.4) is 0 Å². The number of nitrogens with zero attached hydrogens (tertiary/aromatic N) is 2. The van der Waals surface area contributed by atoms with Gasteiger partial charge in [-0.3, -0.25) is 15.1 Å². The highest BCUT2D eigenvalue weighted by atomic mass is 32.1. The first kappa shape index (κ1) is 12.7. The molecule has 1 amide bonds. The summed E-state index contributed by atoms with van der Waals surface area (Å²) in [6.07, 6.45) is 3.18. The van der Waals surface area contributed by atoms with E-state index in [4.69, 9.17) is 0 Å². The predicted octanol–water partition coefficient (Wildman–Crippen LogP) is 3.56.